The molecule has 4 aromatic rings. The molecule has 2 aliphatic rings. The number of aromatic nitrogens is 1. The number of piperazine rings is 1. The summed E-state index contributed by atoms with van der Waals surface area (Å²) in [6.07, 6.45) is 0.591. The number of para-hydroxylation sites is 1. The number of pyridine rings is 1. The summed E-state index contributed by atoms with van der Waals surface area (Å²) in [6.45, 7) is 7.89. The van der Waals surface area contributed by atoms with Crippen LogP contribution in [0.2, 0.25) is 0 Å². The quantitative estimate of drug-likeness (QED) is 0.133. The Kier molecular flexibility index (Phi) is 10.6. The van der Waals surface area contributed by atoms with Crippen LogP contribution in [0.1, 0.15) is 51.3 Å². The molecule has 262 valence electrons. The molecule has 13 heteroatoms. The van der Waals surface area contributed by atoms with Crippen molar-refractivity contribution in [2.75, 3.05) is 45.5 Å². The smallest absolute Gasteiger partial charge is 0.381 e. The number of hydrogen-bond donors (Lipinski definition) is 0. The Balaban J connectivity index is 1.17. The van der Waals surface area contributed by atoms with E-state index in [1.54, 1.807) is 65.4 Å². The Bertz CT molecular complexity index is 1930. The topological polar surface area (TPSA) is 119 Å². The second-order valence-electron chi connectivity index (χ2n) is 12.4. The monoisotopic (exact) mass is 702 g/mol. The minimum absolute atomic E-state index is 0.0212. The van der Waals surface area contributed by atoms with E-state index in [9.17, 15) is 23.3 Å². The molecule has 3 heterocycles. The number of amides is 2. The van der Waals surface area contributed by atoms with Gasteiger partial charge in [-0.3, -0.25) is 24.0 Å². The van der Waals surface area contributed by atoms with Gasteiger partial charge >= 0.3 is 13.6 Å². The molecule has 1 saturated heterocycles. The fourth-order valence-corrected chi connectivity index (χ4v) is 8.27. The van der Waals surface area contributed by atoms with Crippen LogP contribution in [0, 0.1) is 12.7 Å². The van der Waals surface area contributed by atoms with Crippen LogP contribution in [0.4, 0.5) is 4.39 Å². The molecule has 0 spiro atoms. The zero-order valence-electron chi connectivity index (χ0n) is 28.3. The average molecular weight is 703 g/mol. The molecule has 0 bridgehead atoms. The molecule has 2 atom stereocenters. The van der Waals surface area contributed by atoms with Crippen LogP contribution < -0.4 is 4.52 Å². The van der Waals surface area contributed by atoms with E-state index in [4.69, 9.17) is 13.8 Å². The number of hydrogen-bond acceptors (Lipinski definition) is 9. The summed E-state index contributed by atoms with van der Waals surface area (Å²) >= 11 is 0. The highest BCUT2D eigenvalue weighted by atomic mass is 31.2. The Hall–Kier alpha value is -4.64. The molecule has 2 unspecified atom stereocenters. The minimum Gasteiger partial charge on any atom is -0.464 e. The van der Waals surface area contributed by atoms with Gasteiger partial charge in [0.25, 0.3) is 11.8 Å². The first-order valence-corrected chi connectivity index (χ1v) is 18.4. The summed E-state index contributed by atoms with van der Waals surface area (Å²) in [6, 6.07) is 18.4. The maximum atomic E-state index is 14.3. The van der Waals surface area contributed by atoms with Gasteiger partial charge in [0.15, 0.2) is 6.10 Å². The number of benzene rings is 3. The van der Waals surface area contributed by atoms with Crippen molar-refractivity contribution in [1.82, 2.24) is 19.7 Å². The first-order chi connectivity index (χ1) is 24.1. The standard InChI is InChI=1S/C37H40FN4O7P/c1-4-47-37(45)26(3)48-50(46,49-29-9-6-5-7-10-29)22-21-40-17-19-41(20-18-40)36(44)33-30-11-8-16-39-34(30)25(2)32-31(33)24-42(35(32)43)23-27-12-14-28(38)15-13-27/h5-16,26H,4,17-24H2,1-3H3. The molecule has 2 aliphatic heterocycles. The number of ether oxygens (including phenoxy) is 1. The molecule has 1 fully saturated rings. The molecule has 0 radical (unpaired) electrons. The van der Waals surface area contributed by atoms with E-state index < -0.39 is 19.7 Å². The van der Waals surface area contributed by atoms with E-state index in [1.165, 1.54) is 19.1 Å². The van der Waals surface area contributed by atoms with Gasteiger partial charge in [0.1, 0.15) is 11.6 Å². The third-order valence-corrected chi connectivity index (χ3v) is 10.9. The lowest BCUT2D eigenvalue weighted by Gasteiger charge is -2.35. The van der Waals surface area contributed by atoms with Crippen LogP contribution in [0.15, 0.2) is 72.9 Å². The van der Waals surface area contributed by atoms with Gasteiger partial charge in [0, 0.05) is 57.4 Å². The molecular formula is C37H40FN4O7P. The van der Waals surface area contributed by atoms with Crippen molar-refractivity contribution >= 4 is 36.3 Å². The summed E-state index contributed by atoms with van der Waals surface area (Å²) in [5.74, 6) is -0.973. The van der Waals surface area contributed by atoms with Crippen LogP contribution in [0.25, 0.3) is 10.9 Å². The Morgan fingerprint density at radius 2 is 1.72 bits per heavy atom. The third-order valence-electron chi connectivity index (χ3n) is 9.04. The second-order valence-corrected chi connectivity index (χ2v) is 14.5. The summed E-state index contributed by atoms with van der Waals surface area (Å²) in [4.78, 5) is 50.5. The normalized spacial score (nSPS) is 16.6. The molecule has 2 amide bonds. The molecule has 11 nitrogen and oxygen atoms in total. The number of fused-ring (bicyclic) bond motifs is 2. The number of halogens is 1. The zero-order valence-corrected chi connectivity index (χ0v) is 29.2. The summed E-state index contributed by atoms with van der Waals surface area (Å²) < 4.78 is 44.1. The fraction of sp³-hybridized carbons (Fsp3) is 0.351. The van der Waals surface area contributed by atoms with Gasteiger partial charge in [-0.05, 0) is 67.8 Å². The van der Waals surface area contributed by atoms with E-state index in [2.05, 4.69) is 9.88 Å². The van der Waals surface area contributed by atoms with Gasteiger partial charge in [-0.1, -0.05) is 36.4 Å². The SMILES string of the molecule is CCOC(=O)C(C)OP(=O)(CCN1CCN(C(=O)c2c3c(c(C)c4ncccc24)C(=O)N(Cc2ccc(F)cc2)C3)CC1)Oc1ccccc1. The van der Waals surface area contributed by atoms with Crippen LogP contribution in [0.5, 0.6) is 5.75 Å². The zero-order chi connectivity index (χ0) is 35.4. The van der Waals surface area contributed by atoms with E-state index in [1.807, 2.05) is 19.1 Å². The van der Waals surface area contributed by atoms with E-state index in [0.29, 0.717) is 66.1 Å². The van der Waals surface area contributed by atoms with Crippen LogP contribution in [-0.4, -0.2) is 89.1 Å². The lowest BCUT2D eigenvalue weighted by Crippen LogP contribution is -2.49. The Labute approximate surface area is 290 Å². The first kappa shape index (κ1) is 35.2. The fourth-order valence-electron chi connectivity index (χ4n) is 6.49. The van der Waals surface area contributed by atoms with Crippen molar-refractivity contribution in [3.63, 3.8) is 0 Å². The van der Waals surface area contributed by atoms with Crippen LogP contribution >= 0.6 is 7.60 Å². The minimum atomic E-state index is -3.79. The number of rotatable bonds is 12. The van der Waals surface area contributed by atoms with E-state index >= 15 is 0 Å². The van der Waals surface area contributed by atoms with Crippen molar-refractivity contribution in [3.8, 4) is 5.75 Å². The van der Waals surface area contributed by atoms with Gasteiger partial charge in [-0.25, -0.2) is 13.8 Å². The molecule has 0 saturated carbocycles. The van der Waals surface area contributed by atoms with Crippen molar-refractivity contribution in [1.29, 1.82) is 0 Å². The largest absolute Gasteiger partial charge is 0.464 e. The highest BCUT2D eigenvalue weighted by Crippen LogP contribution is 2.49. The van der Waals surface area contributed by atoms with Crippen molar-refractivity contribution in [2.24, 2.45) is 0 Å². The van der Waals surface area contributed by atoms with Crippen molar-refractivity contribution in [2.45, 2.75) is 40.0 Å². The highest BCUT2D eigenvalue weighted by molar-refractivity contribution is 7.54. The third kappa shape index (κ3) is 7.57. The van der Waals surface area contributed by atoms with Gasteiger partial charge < -0.3 is 19.1 Å². The number of carbonyl (C=O) groups is 3. The molecule has 0 N–H and O–H groups in total. The Morgan fingerprint density at radius 3 is 2.42 bits per heavy atom. The maximum absolute atomic E-state index is 14.3. The number of nitrogens with zero attached hydrogens (tertiary/aromatic N) is 4. The number of aryl methyl sites for hydroxylation is 1. The van der Waals surface area contributed by atoms with Crippen LogP contribution in [-0.2, 0) is 31.7 Å². The molecule has 1 aromatic heterocycles. The van der Waals surface area contributed by atoms with Crippen molar-refractivity contribution < 1.29 is 37.1 Å². The first-order valence-electron chi connectivity index (χ1n) is 16.7. The molecule has 0 aliphatic carbocycles. The Morgan fingerprint density at radius 1 is 1.00 bits per heavy atom. The average Bonchev–Trinajstić information content (AvgIpc) is 3.44. The van der Waals surface area contributed by atoms with Gasteiger partial charge in [-0.15, -0.1) is 0 Å². The van der Waals surface area contributed by atoms with Gasteiger partial charge in [-0.2, -0.15) is 0 Å². The molecule has 6 rings (SSSR count). The van der Waals surface area contributed by atoms with Crippen LogP contribution in [0.3, 0.4) is 0 Å². The molecule has 3 aromatic carbocycles. The number of esters is 1. The second kappa shape index (κ2) is 15.1. The highest BCUT2D eigenvalue weighted by Gasteiger charge is 2.38. The van der Waals surface area contributed by atoms with Crippen molar-refractivity contribution in [3.05, 3.63) is 107 Å². The van der Waals surface area contributed by atoms with E-state index in [0.717, 1.165) is 11.1 Å². The summed E-state index contributed by atoms with van der Waals surface area (Å²) in [7, 11) is -3.79. The van der Waals surface area contributed by atoms with Gasteiger partial charge in [0.2, 0.25) is 0 Å². The predicted molar refractivity (Wildman–Crippen MR) is 186 cm³/mol. The summed E-state index contributed by atoms with van der Waals surface area (Å²) in [5.41, 5.74) is 3.76. The lowest BCUT2D eigenvalue weighted by atomic mass is 9.92. The van der Waals surface area contributed by atoms with E-state index in [-0.39, 0.29) is 43.5 Å². The predicted octanol–water partition coefficient (Wildman–Crippen LogP) is 5.84. The lowest BCUT2D eigenvalue weighted by molar-refractivity contribution is -0.150. The van der Waals surface area contributed by atoms with Gasteiger partial charge in [0.05, 0.1) is 29.4 Å². The number of carbonyl (C=O) groups excluding carboxylic acids is 3. The molecular weight excluding hydrogens is 662 g/mol. The maximum Gasteiger partial charge on any atom is 0.381 e. The summed E-state index contributed by atoms with van der Waals surface area (Å²) in [5, 5.41) is 0.694. The molecule has 50 heavy (non-hydrogen) atoms.